The van der Waals surface area contributed by atoms with E-state index in [0.29, 0.717) is 22.0 Å². The Kier molecular flexibility index (Phi) is 7.61. The molecule has 1 N–H and O–H groups in total. The third-order valence-corrected chi connectivity index (χ3v) is 8.08. The third kappa shape index (κ3) is 4.68. The molecular formula is C27H24BrNO6S. The number of nitrogens with one attached hydrogen (secondary N) is 1. The van der Waals surface area contributed by atoms with Gasteiger partial charge in [-0.05, 0) is 55.3 Å². The molecule has 0 aliphatic carbocycles. The number of ether oxygens (including phenoxy) is 2. The molecule has 0 aliphatic rings. The van der Waals surface area contributed by atoms with Crippen molar-refractivity contribution in [3.8, 4) is 0 Å². The quantitative estimate of drug-likeness (QED) is 0.0979. The Labute approximate surface area is 217 Å². The summed E-state index contributed by atoms with van der Waals surface area (Å²) in [5.41, 5.74) is 1.66. The Morgan fingerprint density at radius 2 is 1.53 bits per heavy atom. The molecule has 0 radical (unpaired) electrons. The lowest BCUT2D eigenvalue weighted by atomic mass is 10.0. The molecule has 4 rings (SSSR count). The number of para-hydroxylation sites is 1. The highest BCUT2D eigenvalue weighted by Crippen LogP contribution is 2.38. The molecule has 0 fully saturated rings. The minimum absolute atomic E-state index is 0.0655. The standard InChI is InChI=1S/C27H24BrNO6S/c1-3-34-26(30)21(27(31)35-4-2)15-17-14-20-19-12-8-9-13-23(19)29-24(20)25(22(17)16-28)36(32,33)18-10-6-5-7-11-18/h5-15,29H,3-4,16H2,1-2H3. The normalized spacial score (nSPS) is 11.4. The molecular weight excluding hydrogens is 546 g/mol. The fourth-order valence-corrected chi connectivity index (χ4v) is 6.56. The summed E-state index contributed by atoms with van der Waals surface area (Å²) in [5, 5.41) is 1.59. The first-order valence-corrected chi connectivity index (χ1v) is 13.9. The second-order valence-corrected chi connectivity index (χ2v) is 10.3. The molecule has 0 saturated heterocycles. The lowest BCUT2D eigenvalue weighted by molar-refractivity contribution is -0.146. The van der Waals surface area contributed by atoms with E-state index in [1.54, 1.807) is 38.1 Å². The molecule has 0 saturated carbocycles. The fraction of sp³-hybridized carbons (Fsp3) is 0.185. The summed E-state index contributed by atoms with van der Waals surface area (Å²) in [4.78, 5) is 28.8. The molecule has 0 spiro atoms. The first-order valence-electron chi connectivity index (χ1n) is 11.3. The van der Waals surface area contributed by atoms with E-state index in [-0.39, 0.29) is 33.9 Å². The van der Waals surface area contributed by atoms with Gasteiger partial charge in [-0.2, -0.15) is 0 Å². The molecule has 1 heterocycles. The highest BCUT2D eigenvalue weighted by Gasteiger charge is 2.29. The van der Waals surface area contributed by atoms with Crippen LogP contribution in [0.25, 0.3) is 27.9 Å². The largest absolute Gasteiger partial charge is 0.462 e. The van der Waals surface area contributed by atoms with Crippen molar-refractivity contribution in [3.63, 3.8) is 0 Å². The Hall–Kier alpha value is -3.43. The summed E-state index contributed by atoms with van der Waals surface area (Å²) < 4.78 is 38.1. The Morgan fingerprint density at radius 1 is 0.917 bits per heavy atom. The van der Waals surface area contributed by atoms with Crippen molar-refractivity contribution in [1.82, 2.24) is 4.98 Å². The van der Waals surface area contributed by atoms with Crippen LogP contribution in [0.4, 0.5) is 0 Å². The van der Waals surface area contributed by atoms with Crippen molar-refractivity contribution in [3.05, 3.63) is 77.4 Å². The van der Waals surface area contributed by atoms with Gasteiger partial charge in [0.15, 0.2) is 0 Å². The molecule has 0 amide bonds. The number of rotatable bonds is 8. The van der Waals surface area contributed by atoms with E-state index in [1.807, 2.05) is 24.3 Å². The van der Waals surface area contributed by atoms with Gasteiger partial charge in [0.25, 0.3) is 0 Å². The van der Waals surface area contributed by atoms with E-state index in [4.69, 9.17) is 9.47 Å². The van der Waals surface area contributed by atoms with Crippen molar-refractivity contribution in [2.75, 3.05) is 13.2 Å². The van der Waals surface area contributed by atoms with Crippen LogP contribution in [-0.4, -0.2) is 38.6 Å². The number of carbonyl (C=O) groups excluding carboxylic acids is 2. The van der Waals surface area contributed by atoms with Gasteiger partial charge in [-0.15, -0.1) is 0 Å². The van der Waals surface area contributed by atoms with Gasteiger partial charge >= 0.3 is 11.9 Å². The molecule has 7 nitrogen and oxygen atoms in total. The summed E-state index contributed by atoms with van der Waals surface area (Å²) in [5.74, 6) is -1.69. The topological polar surface area (TPSA) is 103 Å². The van der Waals surface area contributed by atoms with Crippen molar-refractivity contribution in [1.29, 1.82) is 0 Å². The molecule has 0 atom stereocenters. The van der Waals surface area contributed by atoms with Crippen LogP contribution < -0.4 is 0 Å². The van der Waals surface area contributed by atoms with Gasteiger partial charge in [-0.1, -0.05) is 52.3 Å². The van der Waals surface area contributed by atoms with E-state index in [9.17, 15) is 18.0 Å². The Balaban J connectivity index is 2.12. The Morgan fingerprint density at radius 3 is 2.14 bits per heavy atom. The molecule has 0 bridgehead atoms. The zero-order valence-electron chi connectivity index (χ0n) is 19.7. The van der Waals surface area contributed by atoms with Gasteiger partial charge in [0.1, 0.15) is 10.5 Å². The number of fused-ring (bicyclic) bond motifs is 3. The smallest absolute Gasteiger partial charge is 0.345 e. The van der Waals surface area contributed by atoms with Crippen LogP contribution in [0.15, 0.2) is 76.0 Å². The van der Waals surface area contributed by atoms with Crippen LogP contribution in [0, 0.1) is 0 Å². The fourth-order valence-electron chi connectivity index (χ4n) is 4.07. The number of hydrogen-bond acceptors (Lipinski definition) is 6. The van der Waals surface area contributed by atoms with Gasteiger partial charge < -0.3 is 14.5 Å². The summed E-state index contributed by atoms with van der Waals surface area (Å²) in [7, 11) is -4.00. The average molecular weight is 570 g/mol. The first-order chi connectivity index (χ1) is 17.3. The van der Waals surface area contributed by atoms with Crippen LogP contribution in [0.3, 0.4) is 0 Å². The van der Waals surface area contributed by atoms with Crippen LogP contribution in [-0.2, 0) is 34.2 Å². The Bertz CT molecular complexity index is 1570. The van der Waals surface area contributed by atoms with Crippen LogP contribution >= 0.6 is 15.9 Å². The molecule has 0 aliphatic heterocycles. The van der Waals surface area contributed by atoms with Crippen molar-refractivity contribution >= 4 is 65.6 Å². The molecule has 1 aromatic heterocycles. The monoisotopic (exact) mass is 569 g/mol. The summed E-state index contributed by atoms with van der Waals surface area (Å²) >= 11 is 3.44. The summed E-state index contributed by atoms with van der Waals surface area (Å²) in [6.07, 6.45) is 1.35. The number of aromatic amines is 1. The van der Waals surface area contributed by atoms with Crippen LogP contribution in [0.5, 0.6) is 0 Å². The zero-order valence-corrected chi connectivity index (χ0v) is 22.1. The van der Waals surface area contributed by atoms with E-state index in [2.05, 4.69) is 20.9 Å². The van der Waals surface area contributed by atoms with Crippen LogP contribution in [0.1, 0.15) is 25.0 Å². The molecule has 3 aromatic carbocycles. The van der Waals surface area contributed by atoms with Gasteiger partial charge in [-0.3, -0.25) is 0 Å². The van der Waals surface area contributed by atoms with Gasteiger partial charge in [0.2, 0.25) is 9.84 Å². The van der Waals surface area contributed by atoms with Gasteiger partial charge in [0, 0.05) is 21.6 Å². The van der Waals surface area contributed by atoms with E-state index in [0.717, 1.165) is 10.9 Å². The minimum atomic E-state index is -4.00. The SMILES string of the molecule is CCOC(=O)C(=Cc1cc2c([nH]c3ccccc32)c(S(=O)(=O)c2ccccc2)c1CBr)C(=O)OCC. The van der Waals surface area contributed by atoms with Crippen molar-refractivity contribution in [2.24, 2.45) is 0 Å². The van der Waals surface area contributed by atoms with E-state index in [1.165, 1.54) is 18.2 Å². The van der Waals surface area contributed by atoms with Gasteiger partial charge in [-0.25, -0.2) is 18.0 Å². The summed E-state index contributed by atoms with van der Waals surface area (Å²) in [6.45, 7) is 3.40. The number of H-pyrrole nitrogens is 1. The van der Waals surface area contributed by atoms with Crippen LogP contribution in [0.2, 0.25) is 0 Å². The second-order valence-electron chi connectivity index (χ2n) is 7.82. The number of carbonyl (C=O) groups is 2. The highest BCUT2D eigenvalue weighted by molar-refractivity contribution is 9.08. The number of halogens is 1. The number of esters is 2. The van der Waals surface area contributed by atoms with Crippen molar-refractivity contribution < 1.29 is 27.5 Å². The molecule has 186 valence electrons. The maximum absolute atomic E-state index is 14.0. The first kappa shape index (κ1) is 25.7. The number of aromatic nitrogens is 1. The lowest BCUT2D eigenvalue weighted by Crippen LogP contribution is -2.18. The predicted molar refractivity (Wildman–Crippen MR) is 142 cm³/mol. The lowest BCUT2D eigenvalue weighted by Gasteiger charge is -2.15. The maximum Gasteiger partial charge on any atom is 0.345 e. The van der Waals surface area contributed by atoms with E-state index < -0.39 is 21.8 Å². The van der Waals surface area contributed by atoms with E-state index >= 15 is 0 Å². The predicted octanol–water partition coefficient (Wildman–Crippen LogP) is 5.56. The zero-order chi connectivity index (χ0) is 25.9. The van der Waals surface area contributed by atoms with Gasteiger partial charge in [0.05, 0.1) is 23.6 Å². The number of hydrogen-bond donors (Lipinski definition) is 1. The number of sulfone groups is 1. The number of benzene rings is 3. The second kappa shape index (κ2) is 10.7. The average Bonchev–Trinajstić information content (AvgIpc) is 3.25. The van der Waals surface area contributed by atoms with Crippen molar-refractivity contribution in [2.45, 2.75) is 29.0 Å². The number of alkyl halides is 1. The molecule has 9 heteroatoms. The molecule has 0 unspecified atom stereocenters. The third-order valence-electron chi connectivity index (χ3n) is 5.64. The highest BCUT2D eigenvalue weighted by atomic mass is 79.9. The minimum Gasteiger partial charge on any atom is -0.462 e. The molecule has 4 aromatic rings. The molecule has 36 heavy (non-hydrogen) atoms. The maximum atomic E-state index is 14.0. The summed E-state index contributed by atoms with van der Waals surface area (Å²) in [6, 6.07) is 17.4.